The lowest BCUT2D eigenvalue weighted by Gasteiger charge is -2.37. The molecule has 0 spiro atoms. The van der Waals surface area contributed by atoms with Crippen molar-refractivity contribution in [1.82, 2.24) is 24.9 Å². The van der Waals surface area contributed by atoms with Crippen molar-refractivity contribution in [3.8, 4) is 17.3 Å². The second-order valence-electron chi connectivity index (χ2n) is 10.6. The first kappa shape index (κ1) is 27.8. The molecule has 2 aliphatic heterocycles. The van der Waals surface area contributed by atoms with Gasteiger partial charge in [-0.2, -0.15) is 4.98 Å². The Bertz CT molecular complexity index is 1500. The highest BCUT2D eigenvalue weighted by molar-refractivity contribution is 5.66. The van der Waals surface area contributed by atoms with Crippen molar-refractivity contribution in [1.29, 1.82) is 0 Å². The Morgan fingerprint density at radius 3 is 2.67 bits per heavy atom. The van der Waals surface area contributed by atoms with Crippen molar-refractivity contribution in [2.45, 2.75) is 45.7 Å². The highest BCUT2D eigenvalue weighted by Gasteiger charge is 2.29. The number of halogens is 1. The van der Waals surface area contributed by atoms with Gasteiger partial charge in [-0.15, -0.1) is 0 Å². The molecule has 3 aromatic heterocycles. The van der Waals surface area contributed by atoms with Gasteiger partial charge in [0.05, 0.1) is 50.5 Å². The van der Waals surface area contributed by atoms with Gasteiger partial charge < -0.3 is 24.6 Å². The summed E-state index contributed by atoms with van der Waals surface area (Å²) in [4.78, 5) is 27.5. The van der Waals surface area contributed by atoms with Gasteiger partial charge in [0, 0.05) is 36.0 Å². The lowest BCUT2D eigenvalue weighted by Crippen LogP contribution is -2.45. The number of nitrogens with one attached hydrogen (secondary N) is 1. The molecule has 4 aromatic rings. The quantitative estimate of drug-likeness (QED) is 0.271. The summed E-state index contributed by atoms with van der Waals surface area (Å²) in [6.45, 7) is 8.25. The number of unbranched alkanes of at least 4 members (excludes halogenated alkanes) is 1. The number of rotatable bonds is 9. The Morgan fingerprint density at radius 2 is 1.88 bits per heavy atom. The summed E-state index contributed by atoms with van der Waals surface area (Å²) in [6.07, 6.45) is 5.21. The summed E-state index contributed by atoms with van der Waals surface area (Å²) >= 11 is 0. The number of pyridine rings is 1. The van der Waals surface area contributed by atoms with Crippen molar-refractivity contribution >= 4 is 23.3 Å². The minimum atomic E-state index is -0.453. The molecule has 1 saturated heterocycles. The summed E-state index contributed by atoms with van der Waals surface area (Å²) in [6, 6.07) is 13.9. The lowest BCUT2D eigenvalue weighted by molar-refractivity contribution is 0.0984. The Kier molecular flexibility index (Phi) is 8.36. The van der Waals surface area contributed by atoms with E-state index < -0.39 is 5.82 Å². The molecule has 0 unspecified atom stereocenters. The molecule has 5 heterocycles. The maximum Gasteiger partial charge on any atom is 0.225 e. The number of hydrogen-bond donors (Lipinski definition) is 1. The number of anilines is 4. The maximum atomic E-state index is 13.5. The largest absolute Gasteiger partial charge is 0.478 e. The summed E-state index contributed by atoms with van der Waals surface area (Å²) in [5, 5.41) is 3.36. The van der Waals surface area contributed by atoms with Gasteiger partial charge in [-0.05, 0) is 50.1 Å². The third-order valence-electron chi connectivity index (χ3n) is 7.46. The average molecular weight is 571 g/mol. The van der Waals surface area contributed by atoms with E-state index in [1.807, 2.05) is 47.4 Å². The number of aromatic nitrogens is 5. The van der Waals surface area contributed by atoms with E-state index in [0.717, 1.165) is 54.1 Å². The number of ether oxygens (including phenoxy) is 2. The molecular weight excluding hydrogens is 535 g/mol. The van der Waals surface area contributed by atoms with Crippen LogP contribution in [0.4, 0.5) is 27.7 Å². The molecule has 0 aliphatic carbocycles. The van der Waals surface area contributed by atoms with Crippen molar-refractivity contribution < 1.29 is 13.9 Å². The molecule has 6 rings (SSSR count). The van der Waals surface area contributed by atoms with Crippen LogP contribution in [0.15, 0.2) is 54.9 Å². The zero-order chi connectivity index (χ0) is 28.9. The number of hydrogen-bond acceptors (Lipinski definition) is 10. The molecule has 2 aliphatic rings. The third-order valence-corrected chi connectivity index (χ3v) is 7.46. The van der Waals surface area contributed by atoms with Crippen LogP contribution < -0.4 is 19.9 Å². The Labute approximate surface area is 245 Å². The average Bonchev–Trinajstić information content (AvgIpc) is 3.02. The fourth-order valence-electron chi connectivity index (χ4n) is 5.20. The van der Waals surface area contributed by atoms with E-state index in [1.165, 1.54) is 12.4 Å². The minimum Gasteiger partial charge on any atom is -0.478 e. The van der Waals surface area contributed by atoms with E-state index >= 15 is 0 Å². The van der Waals surface area contributed by atoms with Crippen molar-refractivity contribution in [2.24, 2.45) is 0 Å². The van der Waals surface area contributed by atoms with Gasteiger partial charge in [-0.25, -0.2) is 24.3 Å². The van der Waals surface area contributed by atoms with Crippen LogP contribution in [-0.4, -0.2) is 63.9 Å². The second-order valence-corrected chi connectivity index (χ2v) is 10.6. The Morgan fingerprint density at radius 1 is 1.05 bits per heavy atom. The van der Waals surface area contributed by atoms with Crippen LogP contribution in [0.3, 0.4) is 0 Å². The molecule has 11 heteroatoms. The van der Waals surface area contributed by atoms with E-state index in [1.54, 1.807) is 0 Å². The summed E-state index contributed by atoms with van der Waals surface area (Å²) in [5.41, 5.74) is 3.87. The molecule has 1 atom stereocenters. The standard InChI is InChI=1S/C31H35FN8O2/c1-3-4-15-42-28-7-5-6-27(37-28)35-24-10-8-22(9-11-24)29-36-26-19-39(31-33-17-23(32)18-34-31)13-12-25(26)30(38-29)40-14-16-41-20-21(40)2/h5-11,17-18,21H,3-4,12-16,19-20H2,1-2H3,(H,35,37)/t21-/m0/s1. The SMILES string of the molecule is CCCCOc1cccc(Nc2ccc(-c3nc4c(c(N5CCOC[C@@H]5C)n3)CCN(c3ncc(F)cn3)C4)cc2)n1. The van der Waals surface area contributed by atoms with Gasteiger partial charge in [0.15, 0.2) is 11.6 Å². The van der Waals surface area contributed by atoms with Gasteiger partial charge in [-0.1, -0.05) is 19.4 Å². The van der Waals surface area contributed by atoms with Crippen LogP contribution in [0.25, 0.3) is 11.4 Å². The van der Waals surface area contributed by atoms with E-state index in [2.05, 4.69) is 39.0 Å². The van der Waals surface area contributed by atoms with Gasteiger partial charge in [0.1, 0.15) is 11.6 Å². The minimum absolute atomic E-state index is 0.199. The number of morpholine rings is 1. The molecule has 42 heavy (non-hydrogen) atoms. The first-order valence-electron chi connectivity index (χ1n) is 14.5. The summed E-state index contributed by atoms with van der Waals surface area (Å²) < 4.78 is 24.9. The van der Waals surface area contributed by atoms with Gasteiger partial charge >= 0.3 is 0 Å². The van der Waals surface area contributed by atoms with Crippen molar-refractivity contribution in [3.63, 3.8) is 0 Å². The molecule has 1 N–H and O–H groups in total. The zero-order valence-electron chi connectivity index (χ0n) is 24.0. The fourth-order valence-corrected chi connectivity index (χ4v) is 5.20. The number of benzene rings is 1. The van der Waals surface area contributed by atoms with Crippen LogP contribution in [0, 0.1) is 5.82 Å². The predicted molar refractivity (Wildman–Crippen MR) is 160 cm³/mol. The highest BCUT2D eigenvalue weighted by atomic mass is 19.1. The van der Waals surface area contributed by atoms with Crippen molar-refractivity contribution in [3.05, 3.63) is 71.9 Å². The monoisotopic (exact) mass is 570 g/mol. The number of fused-ring (bicyclic) bond motifs is 1. The number of nitrogens with zero attached hydrogens (tertiary/aromatic N) is 7. The Balaban J connectivity index is 1.27. The molecule has 0 radical (unpaired) electrons. The van der Waals surface area contributed by atoms with Crippen molar-refractivity contribution in [2.75, 3.05) is 48.0 Å². The molecule has 1 aromatic carbocycles. The predicted octanol–water partition coefficient (Wildman–Crippen LogP) is 5.18. The first-order chi connectivity index (χ1) is 20.6. The highest BCUT2D eigenvalue weighted by Crippen LogP contribution is 2.32. The fraction of sp³-hybridized carbons (Fsp3) is 0.387. The van der Waals surface area contributed by atoms with Crippen LogP contribution in [0.5, 0.6) is 5.88 Å². The lowest BCUT2D eigenvalue weighted by atomic mass is 10.0. The van der Waals surface area contributed by atoms with Gasteiger partial charge in [0.2, 0.25) is 11.8 Å². The first-order valence-corrected chi connectivity index (χ1v) is 14.5. The smallest absolute Gasteiger partial charge is 0.225 e. The van der Waals surface area contributed by atoms with E-state index in [0.29, 0.717) is 56.4 Å². The molecule has 0 saturated carbocycles. The zero-order valence-corrected chi connectivity index (χ0v) is 24.0. The topological polar surface area (TPSA) is 101 Å². The summed E-state index contributed by atoms with van der Waals surface area (Å²) in [7, 11) is 0. The molecule has 10 nitrogen and oxygen atoms in total. The third kappa shape index (κ3) is 6.25. The van der Waals surface area contributed by atoms with E-state index in [4.69, 9.17) is 19.4 Å². The molecular formula is C31H35FN8O2. The van der Waals surface area contributed by atoms with Crippen LogP contribution in [0.1, 0.15) is 37.9 Å². The Hall–Kier alpha value is -4.38. The van der Waals surface area contributed by atoms with Crippen LogP contribution in [-0.2, 0) is 17.7 Å². The van der Waals surface area contributed by atoms with Crippen LogP contribution >= 0.6 is 0 Å². The normalized spacial score (nSPS) is 16.7. The molecule has 218 valence electrons. The van der Waals surface area contributed by atoms with Gasteiger partial charge in [0.25, 0.3) is 0 Å². The van der Waals surface area contributed by atoms with Gasteiger partial charge in [-0.3, -0.25) is 0 Å². The van der Waals surface area contributed by atoms with E-state index in [-0.39, 0.29) is 6.04 Å². The molecule has 1 fully saturated rings. The van der Waals surface area contributed by atoms with E-state index in [9.17, 15) is 4.39 Å². The second kappa shape index (κ2) is 12.6. The van der Waals surface area contributed by atoms with Crippen LogP contribution in [0.2, 0.25) is 0 Å². The molecule has 0 bridgehead atoms. The molecule has 0 amide bonds. The maximum absolute atomic E-state index is 13.5. The summed E-state index contributed by atoms with van der Waals surface area (Å²) in [5.74, 6) is 2.97.